The van der Waals surface area contributed by atoms with Gasteiger partial charge in [0.05, 0.1) is 23.6 Å². The van der Waals surface area contributed by atoms with Crippen LogP contribution in [0.5, 0.6) is 0 Å². The molecular weight excluding hydrogens is 208 g/mol. The number of hydrogen-bond acceptors (Lipinski definition) is 5. The molecule has 1 fully saturated rings. The molecule has 0 aliphatic carbocycles. The Balaban J connectivity index is 1.96. The second-order valence-corrected chi connectivity index (χ2v) is 4.51. The van der Waals surface area contributed by atoms with E-state index in [-0.39, 0.29) is 0 Å². The Morgan fingerprint density at radius 3 is 2.80 bits per heavy atom. The Labute approximate surface area is 91.9 Å². The van der Waals surface area contributed by atoms with Gasteiger partial charge in [0.2, 0.25) is 0 Å². The molecular formula is C10H12N4S. The van der Waals surface area contributed by atoms with E-state index in [9.17, 15) is 0 Å². The summed E-state index contributed by atoms with van der Waals surface area (Å²) < 4.78 is 1.25. The normalized spacial score (nSPS) is 17.2. The van der Waals surface area contributed by atoms with Crippen molar-refractivity contribution in [2.75, 3.05) is 24.9 Å². The second kappa shape index (κ2) is 3.77. The summed E-state index contributed by atoms with van der Waals surface area (Å²) in [6, 6.07) is 8.25. The highest BCUT2D eigenvalue weighted by molar-refractivity contribution is 7.22. The van der Waals surface area contributed by atoms with E-state index in [4.69, 9.17) is 0 Å². The highest BCUT2D eigenvalue weighted by Crippen LogP contribution is 2.27. The van der Waals surface area contributed by atoms with Crippen LogP contribution in [-0.4, -0.2) is 25.0 Å². The molecule has 2 N–H and O–H groups in total. The van der Waals surface area contributed by atoms with Crippen molar-refractivity contribution in [3.05, 3.63) is 24.3 Å². The van der Waals surface area contributed by atoms with Gasteiger partial charge in [-0.15, -0.1) is 0 Å². The van der Waals surface area contributed by atoms with Crippen LogP contribution >= 0.6 is 11.3 Å². The summed E-state index contributed by atoms with van der Waals surface area (Å²) in [5.41, 5.74) is 1.09. The lowest BCUT2D eigenvalue weighted by Crippen LogP contribution is -2.50. The van der Waals surface area contributed by atoms with Gasteiger partial charge in [0.15, 0.2) is 5.13 Å². The van der Waals surface area contributed by atoms with Gasteiger partial charge in [-0.05, 0) is 12.1 Å². The highest BCUT2D eigenvalue weighted by atomic mass is 32.1. The van der Waals surface area contributed by atoms with Gasteiger partial charge in [0.25, 0.3) is 0 Å². The quantitative estimate of drug-likeness (QED) is 0.757. The zero-order valence-corrected chi connectivity index (χ0v) is 9.05. The van der Waals surface area contributed by atoms with Crippen molar-refractivity contribution >= 4 is 26.7 Å². The number of benzene rings is 1. The minimum absolute atomic E-state index is 0.868. The lowest BCUT2D eigenvalue weighted by atomic mass is 10.3. The number of nitrogens with zero attached hydrogens (tertiary/aromatic N) is 2. The molecule has 0 amide bonds. The van der Waals surface area contributed by atoms with Crippen LogP contribution in [-0.2, 0) is 0 Å². The summed E-state index contributed by atoms with van der Waals surface area (Å²) in [6.07, 6.45) is 0. The maximum atomic E-state index is 4.60. The first-order valence-electron chi connectivity index (χ1n) is 4.95. The van der Waals surface area contributed by atoms with E-state index in [0.717, 1.165) is 30.7 Å². The first kappa shape index (κ1) is 9.08. The Bertz CT molecular complexity index is 428. The Kier molecular flexibility index (Phi) is 2.28. The standard InChI is InChI=1S/C10H12N4S/c1-2-4-9-8(3-1)13-10(15-9)14-6-11-5-12-7-14/h1-4,11-12H,5-7H2. The third kappa shape index (κ3) is 1.69. The number of rotatable bonds is 1. The molecule has 1 saturated heterocycles. The van der Waals surface area contributed by atoms with E-state index in [2.05, 4.69) is 38.7 Å². The number of fused-ring (bicyclic) bond motifs is 1. The van der Waals surface area contributed by atoms with E-state index >= 15 is 0 Å². The van der Waals surface area contributed by atoms with Gasteiger partial charge in [0, 0.05) is 6.67 Å². The zero-order chi connectivity index (χ0) is 10.1. The second-order valence-electron chi connectivity index (χ2n) is 3.50. The van der Waals surface area contributed by atoms with Gasteiger partial charge in [0.1, 0.15) is 0 Å². The van der Waals surface area contributed by atoms with Crippen LogP contribution in [0.4, 0.5) is 5.13 Å². The number of nitrogens with one attached hydrogen (secondary N) is 2. The maximum Gasteiger partial charge on any atom is 0.188 e. The van der Waals surface area contributed by atoms with Crippen molar-refractivity contribution in [1.29, 1.82) is 0 Å². The third-order valence-corrected chi connectivity index (χ3v) is 3.51. The molecule has 5 heteroatoms. The van der Waals surface area contributed by atoms with Crippen molar-refractivity contribution in [2.24, 2.45) is 0 Å². The van der Waals surface area contributed by atoms with Crippen molar-refractivity contribution in [3.63, 3.8) is 0 Å². The van der Waals surface area contributed by atoms with Gasteiger partial charge in [-0.25, -0.2) is 4.98 Å². The molecule has 1 aromatic heterocycles. The summed E-state index contributed by atoms with van der Waals surface area (Å²) in [4.78, 5) is 6.80. The van der Waals surface area contributed by atoms with Crippen LogP contribution in [0.1, 0.15) is 0 Å². The molecule has 0 radical (unpaired) electrons. The van der Waals surface area contributed by atoms with E-state index < -0.39 is 0 Å². The summed E-state index contributed by atoms with van der Waals surface area (Å²) >= 11 is 1.74. The van der Waals surface area contributed by atoms with Crippen molar-refractivity contribution in [1.82, 2.24) is 15.6 Å². The van der Waals surface area contributed by atoms with E-state index in [0.29, 0.717) is 0 Å². The van der Waals surface area contributed by atoms with Gasteiger partial charge < -0.3 is 4.90 Å². The third-order valence-electron chi connectivity index (χ3n) is 2.41. The molecule has 0 unspecified atom stereocenters. The summed E-state index contributed by atoms with van der Waals surface area (Å²) in [5, 5.41) is 7.60. The molecule has 3 rings (SSSR count). The first-order chi connectivity index (χ1) is 7.43. The highest BCUT2D eigenvalue weighted by Gasteiger charge is 2.13. The topological polar surface area (TPSA) is 40.2 Å². The van der Waals surface area contributed by atoms with Crippen LogP contribution in [0.25, 0.3) is 10.2 Å². The molecule has 0 spiro atoms. The molecule has 2 heterocycles. The minimum atomic E-state index is 0.868. The maximum absolute atomic E-state index is 4.60. The molecule has 0 bridgehead atoms. The number of para-hydroxylation sites is 1. The largest absolute Gasteiger partial charge is 0.322 e. The average molecular weight is 220 g/mol. The molecule has 0 atom stereocenters. The van der Waals surface area contributed by atoms with Crippen LogP contribution in [0.15, 0.2) is 24.3 Å². The molecule has 4 nitrogen and oxygen atoms in total. The van der Waals surface area contributed by atoms with Crippen molar-refractivity contribution in [2.45, 2.75) is 0 Å². The summed E-state index contributed by atoms with van der Waals surface area (Å²) in [5.74, 6) is 0. The molecule has 1 aliphatic heterocycles. The van der Waals surface area contributed by atoms with Gasteiger partial charge in [-0.3, -0.25) is 10.6 Å². The predicted molar refractivity (Wildman–Crippen MR) is 63.0 cm³/mol. The molecule has 15 heavy (non-hydrogen) atoms. The van der Waals surface area contributed by atoms with Crippen molar-refractivity contribution in [3.8, 4) is 0 Å². The lowest BCUT2D eigenvalue weighted by molar-refractivity contribution is 0.494. The molecule has 78 valence electrons. The molecule has 0 saturated carbocycles. The van der Waals surface area contributed by atoms with Crippen LogP contribution < -0.4 is 15.5 Å². The van der Waals surface area contributed by atoms with Crippen molar-refractivity contribution < 1.29 is 0 Å². The van der Waals surface area contributed by atoms with E-state index in [1.165, 1.54) is 4.70 Å². The van der Waals surface area contributed by atoms with E-state index in [1.807, 2.05) is 6.07 Å². The number of hydrogen-bond donors (Lipinski definition) is 2. The number of aromatic nitrogens is 1. The minimum Gasteiger partial charge on any atom is -0.322 e. The average Bonchev–Trinajstić information content (AvgIpc) is 2.74. The molecule has 1 aliphatic rings. The monoisotopic (exact) mass is 220 g/mol. The molecule has 1 aromatic carbocycles. The summed E-state index contributed by atoms with van der Waals surface area (Å²) in [7, 11) is 0. The Morgan fingerprint density at radius 1 is 1.20 bits per heavy atom. The zero-order valence-electron chi connectivity index (χ0n) is 8.23. The fourth-order valence-corrected chi connectivity index (χ4v) is 2.62. The van der Waals surface area contributed by atoms with Crippen LogP contribution in [0.2, 0.25) is 0 Å². The van der Waals surface area contributed by atoms with E-state index in [1.54, 1.807) is 11.3 Å². The lowest BCUT2D eigenvalue weighted by Gasteiger charge is -2.27. The predicted octanol–water partition coefficient (Wildman–Crippen LogP) is 1.17. The number of anilines is 1. The Hall–Kier alpha value is -1.17. The van der Waals surface area contributed by atoms with Crippen LogP contribution in [0.3, 0.4) is 0 Å². The fourth-order valence-electron chi connectivity index (χ4n) is 1.66. The number of thiazole rings is 1. The fraction of sp³-hybridized carbons (Fsp3) is 0.300. The van der Waals surface area contributed by atoms with Gasteiger partial charge >= 0.3 is 0 Å². The molecule has 2 aromatic rings. The first-order valence-corrected chi connectivity index (χ1v) is 5.77. The smallest absolute Gasteiger partial charge is 0.188 e. The SMILES string of the molecule is c1ccc2sc(N3CNCNC3)nc2c1. The Morgan fingerprint density at radius 2 is 2.00 bits per heavy atom. The summed E-state index contributed by atoms with van der Waals surface area (Å²) in [6.45, 7) is 2.61. The van der Waals surface area contributed by atoms with Gasteiger partial charge in [-0.1, -0.05) is 23.5 Å². The van der Waals surface area contributed by atoms with Gasteiger partial charge in [-0.2, -0.15) is 0 Å². The van der Waals surface area contributed by atoms with Crippen LogP contribution in [0, 0.1) is 0 Å².